The first-order valence-corrected chi connectivity index (χ1v) is 9.48. The molecule has 2 aromatic heterocycles. The number of hydrogen-bond acceptors (Lipinski definition) is 6. The lowest BCUT2D eigenvalue weighted by molar-refractivity contribution is 0.0950. The van der Waals surface area contributed by atoms with Crippen LogP contribution in [0.4, 0.5) is 0 Å². The fourth-order valence-electron chi connectivity index (χ4n) is 2.37. The number of rotatable bonds is 6. The van der Waals surface area contributed by atoms with Crippen LogP contribution in [0, 0.1) is 0 Å². The number of furan rings is 1. The molecule has 1 N–H and O–H groups in total. The monoisotopic (exact) mass is 386 g/mol. The van der Waals surface area contributed by atoms with Gasteiger partial charge in [-0.05, 0) is 36.4 Å². The summed E-state index contributed by atoms with van der Waals surface area (Å²) in [4.78, 5) is 21.0. The highest BCUT2D eigenvalue weighted by molar-refractivity contribution is 7.89. The van der Waals surface area contributed by atoms with Crippen LogP contribution in [-0.4, -0.2) is 42.7 Å². The minimum absolute atomic E-state index is 0.123. The number of nitrogens with one attached hydrogen (secondary N) is 1. The minimum atomic E-state index is -3.53. The summed E-state index contributed by atoms with van der Waals surface area (Å²) in [7, 11) is -0.629. The second-order valence-electron chi connectivity index (χ2n) is 5.82. The Balaban J connectivity index is 1.72. The molecular formula is C18H18N4O4S. The highest BCUT2D eigenvalue weighted by Crippen LogP contribution is 2.20. The van der Waals surface area contributed by atoms with Crippen LogP contribution in [0.1, 0.15) is 16.1 Å². The fourth-order valence-corrected chi connectivity index (χ4v) is 3.27. The van der Waals surface area contributed by atoms with Crippen LogP contribution in [0.3, 0.4) is 0 Å². The largest absolute Gasteiger partial charge is 0.463 e. The summed E-state index contributed by atoms with van der Waals surface area (Å²) in [6, 6.07) is 9.25. The molecule has 8 nitrogen and oxygen atoms in total. The van der Waals surface area contributed by atoms with E-state index < -0.39 is 10.0 Å². The highest BCUT2D eigenvalue weighted by atomic mass is 32.2. The number of aromatic nitrogens is 2. The molecular weight excluding hydrogens is 368 g/mol. The lowest BCUT2D eigenvalue weighted by atomic mass is 10.2. The number of carbonyl (C=O) groups excluding carboxylic acids is 1. The van der Waals surface area contributed by atoms with E-state index in [0.717, 1.165) is 4.31 Å². The average Bonchev–Trinajstić information content (AvgIpc) is 3.21. The quantitative estimate of drug-likeness (QED) is 0.694. The molecule has 0 unspecified atom stereocenters. The third-order valence-electron chi connectivity index (χ3n) is 3.84. The molecule has 0 saturated heterocycles. The molecule has 0 aliphatic heterocycles. The van der Waals surface area contributed by atoms with Crippen molar-refractivity contribution < 1.29 is 17.6 Å². The lowest BCUT2D eigenvalue weighted by Crippen LogP contribution is -2.24. The van der Waals surface area contributed by atoms with E-state index in [0.29, 0.717) is 22.7 Å². The summed E-state index contributed by atoms with van der Waals surface area (Å²) in [5, 5.41) is 2.76. The Labute approximate surface area is 156 Å². The van der Waals surface area contributed by atoms with E-state index in [-0.39, 0.29) is 17.3 Å². The van der Waals surface area contributed by atoms with Crippen LogP contribution in [-0.2, 0) is 16.6 Å². The SMILES string of the molecule is CN(C)S(=O)(=O)c1ccc(C(=O)NCc2nccnc2-c2ccco2)cc1. The van der Waals surface area contributed by atoms with Crippen molar-refractivity contribution in [2.24, 2.45) is 0 Å². The molecule has 0 saturated carbocycles. The van der Waals surface area contributed by atoms with E-state index in [2.05, 4.69) is 15.3 Å². The van der Waals surface area contributed by atoms with Gasteiger partial charge in [-0.15, -0.1) is 0 Å². The molecule has 0 aliphatic rings. The summed E-state index contributed by atoms with van der Waals surface area (Å²) in [5.74, 6) is 0.213. The normalized spacial score (nSPS) is 11.5. The Morgan fingerprint density at radius 2 is 1.81 bits per heavy atom. The molecule has 9 heteroatoms. The zero-order valence-electron chi connectivity index (χ0n) is 14.8. The topological polar surface area (TPSA) is 105 Å². The van der Waals surface area contributed by atoms with Gasteiger partial charge >= 0.3 is 0 Å². The average molecular weight is 386 g/mol. The summed E-state index contributed by atoms with van der Waals surface area (Å²) in [6.07, 6.45) is 4.62. The Bertz CT molecular complexity index is 1030. The number of hydrogen-bond donors (Lipinski definition) is 1. The lowest BCUT2D eigenvalue weighted by Gasteiger charge is -2.12. The first kappa shape index (κ1) is 18.7. The van der Waals surface area contributed by atoms with Crippen molar-refractivity contribution in [3.8, 4) is 11.5 Å². The molecule has 0 spiro atoms. The second-order valence-corrected chi connectivity index (χ2v) is 7.98. The predicted molar refractivity (Wildman–Crippen MR) is 98.2 cm³/mol. The summed E-state index contributed by atoms with van der Waals surface area (Å²) >= 11 is 0. The van der Waals surface area contributed by atoms with Crippen molar-refractivity contribution in [1.29, 1.82) is 0 Å². The maximum Gasteiger partial charge on any atom is 0.251 e. The van der Waals surface area contributed by atoms with Crippen molar-refractivity contribution in [1.82, 2.24) is 19.6 Å². The third kappa shape index (κ3) is 4.04. The first-order valence-electron chi connectivity index (χ1n) is 8.04. The number of amides is 1. The molecule has 3 rings (SSSR count). The van der Waals surface area contributed by atoms with Crippen molar-refractivity contribution in [2.45, 2.75) is 11.4 Å². The number of nitrogens with zero attached hydrogens (tertiary/aromatic N) is 3. The van der Waals surface area contributed by atoms with Crippen molar-refractivity contribution >= 4 is 15.9 Å². The first-order chi connectivity index (χ1) is 12.9. The molecule has 0 atom stereocenters. The Kier molecular flexibility index (Phi) is 5.33. The van der Waals surface area contributed by atoms with Gasteiger partial charge in [0.15, 0.2) is 5.76 Å². The third-order valence-corrected chi connectivity index (χ3v) is 5.67. The maximum absolute atomic E-state index is 12.4. The molecule has 2 heterocycles. The van der Waals surface area contributed by atoms with Gasteiger partial charge in [0.05, 0.1) is 23.4 Å². The van der Waals surface area contributed by atoms with Gasteiger partial charge in [0.1, 0.15) is 5.69 Å². The standard InChI is InChI=1S/C18H18N4O4S/c1-22(2)27(24,25)14-7-5-13(6-8-14)18(23)21-12-15-17(20-10-9-19-15)16-4-3-11-26-16/h3-11H,12H2,1-2H3,(H,21,23). The second kappa shape index (κ2) is 7.68. The van der Waals surface area contributed by atoms with E-state index >= 15 is 0 Å². The van der Waals surface area contributed by atoms with Gasteiger partial charge in [-0.2, -0.15) is 0 Å². The van der Waals surface area contributed by atoms with Crippen molar-refractivity contribution in [2.75, 3.05) is 14.1 Å². The number of sulfonamides is 1. The van der Waals surface area contributed by atoms with Gasteiger partial charge in [0, 0.05) is 32.1 Å². The Morgan fingerprint density at radius 3 is 2.44 bits per heavy atom. The Morgan fingerprint density at radius 1 is 1.11 bits per heavy atom. The molecule has 140 valence electrons. The smallest absolute Gasteiger partial charge is 0.251 e. The Hall–Kier alpha value is -3.04. The zero-order chi connectivity index (χ0) is 19.4. The predicted octanol–water partition coefficient (Wildman–Crippen LogP) is 1.92. The van der Waals surface area contributed by atoms with Crippen LogP contribution in [0.25, 0.3) is 11.5 Å². The van der Waals surface area contributed by atoms with Crippen LogP contribution in [0.15, 0.2) is 64.4 Å². The van der Waals surface area contributed by atoms with E-state index in [1.54, 1.807) is 18.3 Å². The molecule has 0 aliphatic carbocycles. The molecule has 27 heavy (non-hydrogen) atoms. The van der Waals surface area contributed by atoms with Crippen LogP contribution >= 0.6 is 0 Å². The molecule has 0 bridgehead atoms. The van der Waals surface area contributed by atoms with E-state index in [4.69, 9.17) is 4.42 Å². The van der Waals surface area contributed by atoms with Gasteiger partial charge in [-0.3, -0.25) is 9.78 Å². The molecule has 0 fully saturated rings. The summed E-state index contributed by atoms with van der Waals surface area (Å²) in [6.45, 7) is 0.153. The molecule has 3 aromatic rings. The van der Waals surface area contributed by atoms with Gasteiger partial charge < -0.3 is 9.73 Å². The van der Waals surface area contributed by atoms with Crippen molar-refractivity contribution in [3.05, 3.63) is 66.3 Å². The van der Waals surface area contributed by atoms with Crippen LogP contribution < -0.4 is 5.32 Å². The van der Waals surface area contributed by atoms with E-state index in [1.807, 2.05) is 0 Å². The van der Waals surface area contributed by atoms with Gasteiger partial charge in [-0.25, -0.2) is 17.7 Å². The van der Waals surface area contributed by atoms with E-state index in [1.165, 1.54) is 50.8 Å². The number of carbonyl (C=O) groups is 1. The number of benzene rings is 1. The van der Waals surface area contributed by atoms with E-state index in [9.17, 15) is 13.2 Å². The molecule has 0 radical (unpaired) electrons. The zero-order valence-corrected chi connectivity index (χ0v) is 15.6. The van der Waals surface area contributed by atoms with Gasteiger partial charge in [0.2, 0.25) is 10.0 Å². The van der Waals surface area contributed by atoms with Gasteiger partial charge in [-0.1, -0.05) is 0 Å². The minimum Gasteiger partial charge on any atom is -0.463 e. The molecule has 1 aromatic carbocycles. The molecule has 1 amide bonds. The summed E-state index contributed by atoms with van der Waals surface area (Å²) in [5.41, 5.74) is 1.46. The van der Waals surface area contributed by atoms with Crippen LogP contribution in [0.5, 0.6) is 0 Å². The maximum atomic E-state index is 12.4. The summed E-state index contributed by atoms with van der Waals surface area (Å²) < 4.78 is 30.6. The van der Waals surface area contributed by atoms with Crippen LogP contribution in [0.2, 0.25) is 0 Å². The van der Waals surface area contributed by atoms with Gasteiger partial charge in [0.25, 0.3) is 5.91 Å². The van der Waals surface area contributed by atoms with Crippen molar-refractivity contribution in [3.63, 3.8) is 0 Å². The fraction of sp³-hybridized carbons (Fsp3) is 0.167. The highest BCUT2D eigenvalue weighted by Gasteiger charge is 2.18.